The van der Waals surface area contributed by atoms with Crippen molar-refractivity contribution in [1.82, 2.24) is 4.72 Å². The van der Waals surface area contributed by atoms with E-state index in [4.69, 9.17) is 10.5 Å². The van der Waals surface area contributed by atoms with Gasteiger partial charge < -0.3 is 10.5 Å². The second-order valence-corrected chi connectivity index (χ2v) is 7.70. The summed E-state index contributed by atoms with van der Waals surface area (Å²) in [6.07, 6.45) is 3.00. The fraction of sp³-hybridized carbons (Fsp3) is 0.600. The molecule has 1 saturated carbocycles. The second-order valence-electron chi connectivity index (χ2n) is 5.93. The molecule has 0 saturated heterocycles. The Hall–Kier alpha value is -0.950. The van der Waals surface area contributed by atoms with Gasteiger partial charge in [-0.25, -0.2) is 13.1 Å². The first-order valence-corrected chi connectivity index (χ1v) is 8.71. The zero-order valence-corrected chi connectivity index (χ0v) is 13.4. The Morgan fingerprint density at radius 3 is 2.71 bits per heavy atom. The van der Waals surface area contributed by atoms with E-state index in [1.54, 1.807) is 25.3 Å². The van der Waals surface area contributed by atoms with Gasteiger partial charge in [-0.3, -0.25) is 0 Å². The Balaban J connectivity index is 2.03. The molecule has 21 heavy (non-hydrogen) atoms. The van der Waals surface area contributed by atoms with Gasteiger partial charge in [-0.1, -0.05) is 12.1 Å². The summed E-state index contributed by atoms with van der Waals surface area (Å²) in [7, 11) is -1.81. The molecule has 1 aromatic rings. The molecule has 0 spiro atoms. The van der Waals surface area contributed by atoms with Crippen molar-refractivity contribution in [1.29, 1.82) is 0 Å². The molecule has 2 rings (SSSR count). The number of nitrogens with two attached hydrogens (primary N) is 1. The molecule has 0 bridgehead atoms. The van der Waals surface area contributed by atoms with Crippen LogP contribution in [0.4, 0.5) is 0 Å². The zero-order chi connectivity index (χ0) is 15.5. The van der Waals surface area contributed by atoms with Crippen molar-refractivity contribution < 1.29 is 13.2 Å². The van der Waals surface area contributed by atoms with Crippen LogP contribution in [0.5, 0.6) is 0 Å². The Bertz CT molecular complexity index is 580. The molecular weight excluding hydrogens is 288 g/mol. The van der Waals surface area contributed by atoms with Crippen molar-refractivity contribution in [2.75, 3.05) is 20.3 Å². The number of ether oxygens (including phenoxy) is 1. The molecule has 0 amide bonds. The number of rotatable bonds is 8. The summed E-state index contributed by atoms with van der Waals surface area (Å²) >= 11 is 0. The van der Waals surface area contributed by atoms with Crippen LogP contribution >= 0.6 is 0 Å². The molecule has 1 unspecified atom stereocenters. The van der Waals surface area contributed by atoms with E-state index < -0.39 is 10.0 Å². The summed E-state index contributed by atoms with van der Waals surface area (Å²) in [4.78, 5) is 0.278. The molecular formula is C15H24N2O3S. The first-order valence-electron chi connectivity index (χ1n) is 7.23. The van der Waals surface area contributed by atoms with Crippen molar-refractivity contribution in [3.63, 3.8) is 0 Å². The summed E-state index contributed by atoms with van der Waals surface area (Å²) < 4.78 is 32.6. The van der Waals surface area contributed by atoms with Gasteiger partial charge in [0.2, 0.25) is 10.0 Å². The molecule has 1 atom stereocenters. The summed E-state index contributed by atoms with van der Waals surface area (Å²) in [6.45, 7) is 2.98. The third-order valence-electron chi connectivity index (χ3n) is 4.12. The van der Waals surface area contributed by atoms with Crippen molar-refractivity contribution in [3.05, 3.63) is 29.8 Å². The van der Waals surface area contributed by atoms with Gasteiger partial charge in [0.05, 0.1) is 4.90 Å². The summed E-state index contributed by atoms with van der Waals surface area (Å²) in [6, 6.07) is 6.62. The van der Waals surface area contributed by atoms with Gasteiger partial charge in [-0.2, -0.15) is 0 Å². The Morgan fingerprint density at radius 1 is 1.43 bits per heavy atom. The maximum Gasteiger partial charge on any atom is 0.240 e. The van der Waals surface area contributed by atoms with E-state index in [0.717, 1.165) is 24.8 Å². The molecule has 0 aromatic heterocycles. The third kappa shape index (κ3) is 4.26. The smallest absolute Gasteiger partial charge is 0.240 e. The Morgan fingerprint density at radius 2 is 2.14 bits per heavy atom. The van der Waals surface area contributed by atoms with E-state index in [9.17, 15) is 8.42 Å². The van der Waals surface area contributed by atoms with Crippen LogP contribution in [0.2, 0.25) is 0 Å². The van der Waals surface area contributed by atoms with E-state index >= 15 is 0 Å². The second kappa shape index (κ2) is 6.44. The largest absolute Gasteiger partial charge is 0.385 e. The molecule has 0 radical (unpaired) electrons. The van der Waals surface area contributed by atoms with Gasteiger partial charge in [0.15, 0.2) is 0 Å². The minimum absolute atomic E-state index is 0.0852. The van der Waals surface area contributed by atoms with Crippen molar-refractivity contribution >= 4 is 10.0 Å². The Kier molecular flexibility index (Phi) is 5.03. The minimum atomic E-state index is -3.48. The van der Waals surface area contributed by atoms with Crippen LogP contribution in [0.3, 0.4) is 0 Å². The normalized spacial score (nSPS) is 18.4. The van der Waals surface area contributed by atoms with E-state index in [2.05, 4.69) is 4.72 Å². The lowest BCUT2D eigenvalue weighted by Gasteiger charge is -2.16. The average Bonchev–Trinajstić information content (AvgIpc) is 3.24. The predicted octanol–water partition coefficient (Wildman–Crippen LogP) is 1.80. The van der Waals surface area contributed by atoms with Crippen LogP contribution in [0.25, 0.3) is 0 Å². The van der Waals surface area contributed by atoms with Crippen LogP contribution in [-0.2, 0) is 14.8 Å². The van der Waals surface area contributed by atoms with E-state index in [0.29, 0.717) is 13.2 Å². The third-order valence-corrected chi connectivity index (χ3v) is 5.52. The van der Waals surface area contributed by atoms with E-state index in [-0.39, 0.29) is 16.4 Å². The van der Waals surface area contributed by atoms with Gasteiger partial charge in [0, 0.05) is 26.3 Å². The van der Waals surface area contributed by atoms with Gasteiger partial charge in [0.25, 0.3) is 0 Å². The minimum Gasteiger partial charge on any atom is -0.385 e. The zero-order valence-electron chi connectivity index (χ0n) is 12.6. The van der Waals surface area contributed by atoms with Crippen LogP contribution in [0.1, 0.15) is 37.8 Å². The first-order chi connectivity index (χ1) is 9.88. The SMILES string of the molecule is COCCC1(CNS(=O)(=O)c2cccc(C(C)N)c2)CC1. The average molecular weight is 312 g/mol. The molecule has 1 aliphatic rings. The molecule has 6 heteroatoms. The highest BCUT2D eigenvalue weighted by Gasteiger charge is 2.42. The maximum atomic E-state index is 12.4. The number of methoxy groups -OCH3 is 1. The van der Waals surface area contributed by atoms with Crippen molar-refractivity contribution in [2.45, 2.75) is 37.1 Å². The molecule has 0 heterocycles. The molecule has 1 aromatic carbocycles. The van der Waals surface area contributed by atoms with Crippen LogP contribution < -0.4 is 10.5 Å². The highest BCUT2D eigenvalue weighted by Crippen LogP contribution is 2.48. The first kappa shape index (κ1) is 16.4. The summed E-state index contributed by atoms with van der Waals surface area (Å²) in [5, 5.41) is 0. The molecule has 118 valence electrons. The lowest BCUT2D eigenvalue weighted by Crippen LogP contribution is -2.31. The lowest BCUT2D eigenvalue weighted by atomic mass is 10.0. The predicted molar refractivity (Wildman–Crippen MR) is 82.4 cm³/mol. The van der Waals surface area contributed by atoms with Crippen LogP contribution in [-0.4, -0.2) is 28.7 Å². The molecule has 5 nitrogen and oxygen atoms in total. The number of nitrogens with one attached hydrogen (secondary N) is 1. The number of benzene rings is 1. The van der Waals surface area contributed by atoms with Crippen molar-refractivity contribution in [3.8, 4) is 0 Å². The fourth-order valence-electron chi connectivity index (χ4n) is 2.31. The Labute approximate surface area is 126 Å². The molecule has 1 aliphatic carbocycles. The molecule has 1 fully saturated rings. The van der Waals surface area contributed by atoms with Crippen molar-refractivity contribution in [2.24, 2.45) is 11.1 Å². The summed E-state index contributed by atoms with van der Waals surface area (Å²) in [5.41, 5.74) is 6.71. The topological polar surface area (TPSA) is 81.4 Å². The van der Waals surface area contributed by atoms with Gasteiger partial charge in [-0.05, 0) is 49.3 Å². The van der Waals surface area contributed by atoms with Gasteiger partial charge in [0.1, 0.15) is 0 Å². The molecule has 3 N–H and O–H groups in total. The summed E-state index contributed by atoms with van der Waals surface area (Å²) in [5.74, 6) is 0. The van der Waals surface area contributed by atoms with Gasteiger partial charge in [-0.15, -0.1) is 0 Å². The quantitative estimate of drug-likeness (QED) is 0.767. The number of sulfonamides is 1. The maximum absolute atomic E-state index is 12.4. The van der Waals surface area contributed by atoms with E-state index in [1.165, 1.54) is 0 Å². The molecule has 0 aliphatic heterocycles. The van der Waals surface area contributed by atoms with Crippen LogP contribution in [0, 0.1) is 5.41 Å². The lowest BCUT2D eigenvalue weighted by molar-refractivity contribution is 0.173. The monoisotopic (exact) mass is 312 g/mol. The van der Waals surface area contributed by atoms with Crippen LogP contribution in [0.15, 0.2) is 29.2 Å². The highest BCUT2D eigenvalue weighted by molar-refractivity contribution is 7.89. The fourth-order valence-corrected chi connectivity index (χ4v) is 3.52. The van der Waals surface area contributed by atoms with Gasteiger partial charge >= 0.3 is 0 Å². The highest BCUT2D eigenvalue weighted by atomic mass is 32.2. The number of hydrogen-bond acceptors (Lipinski definition) is 4. The standard InChI is InChI=1S/C15H24N2O3S/c1-12(16)13-4-3-5-14(10-13)21(18,19)17-11-15(6-7-15)8-9-20-2/h3-5,10,12,17H,6-9,11,16H2,1-2H3. The van der Waals surface area contributed by atoms with E-state index in [1.807, 2.05) is 13.0 Å². The number of hydrogen-bond donors (Lipinski definition) is 2.